The second-order valence-corrected chi connectivity index (χ2v) is 1.87. The maximum absolute atomic E-state index is 7.00. The Kier molecular flexibility index (Phi) is 0.992. The summed E-state index contributed by atoms with van der Waals surface area (Å²) in [6, 6.07) is 1.97. The molecule has 0 radical (unpaired) electrons. The van der Waals surface area contributed by atoms with E-state index in [-0.39, 0.29) is 0 Å². The molecule has 1 aromatic heterocycles. The van der Waals surface area contributed by atoms with Crippen molar-refractivity contribution in [3.63, 3.8) is 0 Å². The zero-order valence-corrected chi connectivity index (χ0v) is 4.89. The molecule has 1 aromatic rings. The molecule has 1 heterocycles. The smallest absolute Gasteiger partial charge is 0.0297 e. The standard InChI is InChI=1S/C7H9N/c1-6-3-7(2)5-8-4-6/h3-5H,1-2H3/i1D. The third kappa shape index (κ3) is 1.06. The number of hydrogen-bond donors (Lipinski definition) is 0. The average Bonchev–Trinajstić information content (AvgIpc) is 1.88. The van der Waals surface area contributed by atoms with Crippen LogP contribution in [0.5, 0.6) is 0 Å². The lowest BCUT2D eigenvalue weighted by Gasteiger charge is -1.89. The molecular weight excluding hydrogens is 98.1 g/mol. The summed E-state index contributed by atoms with van der Waals surface area (Å²) in [5.74, 6) is 0. The molecule has 1 heteroatoms. The molecule has 0 atom stereocenters. The van der Waals surface area contributed by atoms with E-state index in [0.29, 0.717) is 6.90 Å². The van der Waals surface area contributed by atoms with E-state index in [4.69, 9.17) is 1.37 Å². The van der Waals surface area contributed by atoms with E-state index in [1.54, 1.807) is 12.4 Å². The Morgan fingerprint density at radius 2 is 2.25 bits per heavy atom. The molecule has 0 bridgehead atoms. The summed E-state index contributed by atoms with van der Waals surface area (Å²) in [6.07, 6.45) is 3.51. The van der Waals surface area contributed by atoms with Crippen molar-refractivity contribution in [2.24, 2.45) is 0 Å². The first kappa shape index (κ1) is 4.07. The van der Waals surface area contributed by atoms with Gasteiger partial charge >= 0.3 is 0 Å². The van der Waals surface area contributed by atoms with E-state index in [2.05, 4.69) is 4.98 Å². The Balaban J connectivity index is 2.94. The molecule has 1 nitrogen and oxygen atoms in total. The van der Waals surface area contributed by atoms with Gasteiger partial charge in [-0.05, 0) is 25.0 Å². The van der Waals surface area contributed by atoms with Gasteiger partial charge in [-0.1, -0.05) is 6.07 Å². The first-order valence-corrected chi connectivity index (χ1v) is 2.52. The fourth-order valence-corrected chi connectivity index (χ4v) is 0.618. The van der Waals surface area contributed by atoms with Crippen LogP contribution in [0.1, 0.15) is 12.5 Å². The molecule has 0 fully saturated rings. The largest absolute Gasteiger partial charge is 0.264 e. The summed E-state index contributed by atoms with van der Waals surface area (Å²) >= 11 is 0. The molecule has 42 valence electrons. The van der Waals surface area contributed by atoms with Crippen molar-refractivity contribution in [2.75, 3.05) is 0 Å². The molecule has 0 aliphatic carbocycles. The maximum Gasteiger partial charge on any atom is 0.0297 e. The van der Waals surface area contributed by atoms with Crippen LogP contribution < -0.4 is 0 Å². The van der Waals surface area contributed by atoms with E-state index in [1.807, 2.05) is 13.0 Å². The Labute approximate surface area is 50.8 Å². The van der Waals surface area contributed by atoms with Crippen LogP contribution in [-0.4, -0.2) is 4.98 Å². The number of pyridine rings is 1. The molecule has 0 aliphatic rings. The monoisotopic (exact) mass is 108 g/mol. The molecule has 0 aliphatic heterocycles. The quantitative estimate of drug-likeness (QED) is 0.493. The number of aryl methyl sites for hydroxylation is 2. The van der Waals surface area contributed by atoms with Gasteiger partial charge in [-0.15, -0.1) is 0 Å². The van der Waals surface area contributed by atoms with Crippen molar-refractivity contribution in [2.45, 2.75) is 13.8 Å². The normalized spacial score (nSPS) is 10.9. The summed E-state index contributed by atoms with van der Waals surface area (Å²) in [5, 5.41) is 0. The van der Waals surface area contributed by atoms with Crippen LogP contribution in [0.3, 0.4) is 0 Å². The number of nitrogens with zero attached hydrogens (tertiary/aromatic N) is 1. The van der Waals surface area contributed by atoms with E-state index in [9.17, 15) is 0 Å². The molecule has 0 saturated heterocycles. The highest BCUT2D eigenvalue weighted by Crippen LogP contribution is 1.96. The molecule has 0 amide bonds. The van der Waals surface area contributed by atoms with Gasteiger partial charge < -0.3 is 0 Å². The third-order valence-electron chi connectivity index (χ3n) is 0.932. The minimum atomic E-state index is 0.328. The van der Waals surface area contributed by atoms with Crippen LogP contribution in [-0.2, 0) is 0 Å². The van der Waals surface area contributed by atoms with Crippen molar-refractivity contribution in [1.82, 2.24) is 4.98 Å². The fourth-order valence-electron chi connectivity index (χ4n) is 0.618. The van der Waals surface area contributed by atoms with Crippen LogP contribution in [0.25, 0.3) is 0 Å². The topological polar surface area (TPSA) is 12.9 Å². The first-order valence-electron chi connectivity index (χ1n) is 3.23. The highest BCUT2D eigenvalue weighted by Gasteiger charge is 1.81. The highest BCUT2D eigenvalue weighted by molar-refractivity contribution is 5.14. The van der Waals surface area contributed by atoms with Crippen molar-refractivity contribution >= 4 is 0 Å². The summed E-state index contributed by atoms with van der Waals surface area (Å²) in [4.78, 5) is 3.94. The maximum atomic E-state index is 7.00. The second kappa shape index (κ2) is 1.95. The van der Waals surface area contributed by atoms with Gasteiger partial charge in [0.25, 0.3) is 0 Å². The van der Waals surface area contributed by atoms with Gasteiger partial charge in [0.1, 0.15) is 0 Å². The van der Waals surface area contributed by atoms with Gasteiger partial charge in [0, 0.05) is 13.8 Å². The van der Waals surface area contributed by atoms with Gasteiger partial charge in [-0.2, -0.15) is 0 Å². The van der Waals surface area contributed by atoms with Crippen molar-refractivity contribution in [1.29, 1.82) is 0 Å². The number of aromatic nitrogens is 1. The SMILES string of the molecule is [2H]Cc1cncc(C)c1. The van der Waals surface area contributed by atoms with Gasteiger partial charge in [0.05, 0.1) is 0 Å². The van der Waals surface area contributed by atoms with Crippen LogP contribution in [0.15, 0.2) is 18.5 Å². The summed E-state index contributed by atoms with van der Waals surface area (Å²) < 4.78 is 7.00. The minimum absolute atomic E-state index is 0.328. The molecule has 0 aromatic carbocycles. The summed E-state index contributed by atoms with van der Waals surface area (Å²) in [5.41, 5.74) is 2.11. The van der Waals surface area contributed by atoms with E-state index in [1.165, 1.54) is 0 Å². The molecule has 1 rings (SSSR count). The zero-order chi connectivity index (χ0) is 6.69. The molecular formula is C7H9N. The van der Waals surface area contributed by atoms with Crippen LogP contribution in [0.2, 0.25) is 0 Å². The molecule has 0 N–H and O–H groups in total. The lowest BCUT2D eigenvalue weighted by molar-refractivity contribution is 1.22. The second-order valence-electron chi connectivity index (χ2n) is 1.87. The Morgan fingerprint density at radius 1 is 1.50 bits per heavy atom. The lowest BCUT2D eigenvalue weighted by atomic mass is 10.2. The van der Waals surface area contributed by atoms with Gasteiger partial charge in [-0.25, -0.2) is 0 Å². The number of hydrogen-bond acceptors (Lipinski definition) is 1. The zero-order valence-electron chi connectivity index (χ0n) is 5.89. The summed E-state index contributed by atoms with van der Waals surface area (Å²) in [7, 11) is 0. The van der Waals surface area contributed by atoms with Gasteiger partial charge in [0.15, 0.2) is 0 Å². The Bertz CT molecular complexity index is 198. The van der Waals surface area contributed by atoms with Crippen molar-refractivity contribution < 1.29 is 1.37 Å². The number of rotatable bonds is 0. The van der Waals surface area contributed by atoms with E-state index >= 15 is 0 Å². The average molecular weight is 108 g/mol. The summed E-state index contributed by atoms with van der Waals surface area (Å²) in [6.45, 7) is 2.31. The minimum Gasteiger partial charge on any atom is -0.264 e. The van der Waals surface area contributed by atoms with Gasteiger partial charge in [-0.3, -0.25) is 4.98 Å². The molecule has 0 spiro atoms. The molecule has 0 unspecified atom stereocenters. The molecule has 0 saturated carbocycles. The van der Waals surface area contributed by atoms with E-state index in [0.717, 1.165) is 11.1 Å². The van der Waals surface area contributed by atoms with Crippen molar-refractivity contribution in [3.8, 4) is 0 Å². The third-order valence-corrected chi connectivity index (χ3v) is 0.932. The first-order chi connectivity index (χ1) is 4.33. The van der Waals surface area contributed by atoms with Crippen LogP contribution >= 0.6 is 0 Å². The Hall–Kier alpha value is -0.850. The lowest BCUT2D eigenvalue weighted by Crippen LogP contribution is -1.76. The molecule has 8 heavy (non-hydrogen) atoms. The van der Waals surface area contributed by atoms with Crippen molar-refractivity contribution in [3.05, 3.63) is 29.6 Å². The fraction of sp³-hybridized carbons (Fsp3) is 0.286. The van der Waals surface area contributed by atoms with Crippen LogP contribution in [0.4, 0.5) is 0 Å². The Morgan fingerprint density at radius 3 is 2.75 bits per heavy atom. The van der Waals surface area contributed by atoms with E-state index < -0.39 is 0 Å². The highest BCUT2D eigenvalue weighted by atomic mass is 14.6. The predicted molar refractivity (Wildman–Crippen MR) is 33.7 cm³/mol. The van der Waals surface area contributed by atoms with Crippen LogP contribution in [0, 0.1) is 13.8 Å². The van der Waals surface area contributed by atoms with Gasteiger partial charge in [0.2, 0.25) is 0 Å². The predicted octanol–water partition coefficient (Wildman–Crippen LogP) is 1.70.